The normalized spacial score (nSPS) is 14.7. The number of imidazole rings is 1. The molecule has 0 atom stereocenters. The molecule has 7 nitrogen and oxygen atoms in total. The van der Waals surface area contributed by atoms with Gasteiger partial charge in [0.25, 0.3) is 5.91 Å². The first-order chi connectivity index (χ1) is 13.0. The molecule has 0 aromatic carbocycles. The molecule has 0 saturated carbocycles. The molecule has 0 bridgehead atoms. The molecule has 0 spiro atoms. The lowest BCUT2D eigenvalue weighted by atomic mass is 10.2. The Labute approximate surface area is 162 Å². The monoisotopic (exact) mass is 385 g/mol. The second-order valence-electron chi connectivity index (χ2n) is 6.80. The van der Waals surface area contributed by atoms with Crippen LogP contribution in [-0.4, -0.2) is 58.5 Å². The summed E-state index contributed by atoms with van der Waals surface area (Å²) >= 11 is 1.66. The highest BCUT2D eigenvalue weighted by atomic mass is 32.1. The van der Waals surface area contributed by atoms with E-state index in [1.807, 2.05) is 26.1 Å². The van der Waals surface area contributed by atoms with Crippen molar-refractivity contribution in [2.24, 2.45) is 0 Å². The lowest BCUT2D eigenvalue weighted by Gasteiger charge is -2.29. The van der Waals surface area contributed by atoms with Gasteiger partial charge in [-0.3, -0.25) is 14.2 Å². The molecule has 142 valence electrons. The number of anilines is 1. The third-order valence-corrected chi connectivity index (χ3v) is 5.71. The zero-order valence-corrected chi connectivity index (χ0v) is 16.6. The molecule has 3 aromatic heterocycles. The van der Waals surface area contributed by atoms with Crippen LogP contribution in [0.2, 0.25) is 0 Å². The standard InChI is InChI=1S/C19H23N5O2S/c1-13-11-24-17(14(2)21-19(24)27-13)12-22(3)18(25)16-10-15(4-5-20-16)23-6-8-26-9-7-23/h4-5,10-11H,6-9,12H2,1-3H3. The van der Waals surface area contributed by atoms with E-state index < -0.39 is 0 Å². The fraction of sp³-hybridized carbons (Fsp3) is 0.421. The molecular formula is C19H23N5O2S. The first-order valence-corrected chi connectivity index (χ1v) is 9.83. The van der Waals surface area contributed by atoms with Crippen LogP contribution in [0.15, 0.2) is 24.5 Å². The quantitative estimate of drug-likeness (QED) is 0.691. The predicted octanol–water partition coefficient (Wildman–Crippen LogP) is 2.52. The van der Waals surface area contributed by atoms with Gasteiger partial charge in [0.1, 0.15) is 5.69 Å². The van der Waals surface area contributed by atoms with E-state index in [0.29, 0.717) is 25.5 Å². The van der Waals surface area contributed by atoms with Crippen LogP contribution in [0.1, 0.15) is 26.8 Å². The van der Waals surface area contributed by atoms with Crippen LogP contribution >= 0.6 is 11.3 Å². The summed E-state index contributed by atoms with van der Waals surface area (Å²) in [5.74, 6) is -0.0913. The second kappa shape index (κ2) is 7.28. The molecule has 1 amide bonds. The Bertz CT molecular complexity index is 974. The van der Waals surface area contributed by atoms with Crippen molar-refractivity contribution in [2.45, 2.75) is 20.4 Å². The van der Waals surface area contributed by atoms with Gasteiger partial charge in [-0.1, -0.05) is 0 Å². The topological polar surface area (TPSA) is 63.0 Å². The predicted molar refractivity (Wildman–Crippen MR) is 106 cm³/mol. The van der Waals surface area contributed by atoms with Crippen LogP contribution in [0.4, 0.5) is 5.69 Å². The number of ether oxygens (including phenoxy) is 1. The Balaban J connectivity index is 1.54. The van der Waals surface area contributed by atoms with E-state index >= 15 is 0 Å². The van der Waals surface area contributed by atoms with Crippen molar-refractivity contribution in [2.75, 3.05) is 38.3 Å². The molecule has 0 aliphatic carbocycles. The second-order valence-corrected chi connectivity index (χ2v) is 8.01. The number of aromatic nitrogens is 3. The molecular weight excluding hydrogens is 362 g/mol. The smallest absolute Gasteiger partial charge is 0.272 e. The van der Waals surface area contributed by atoms with Crippen molar-refractivity contribution < 1.29 is 9.53 Å². The average molecular weight is 385 g/mol. The van der Waals surface area contributed by atoms with Crippen LogP contribution < -0.4 is 4.90 Å². The average Bonchev–Trinajstić information content (AvgIpc) is 3.18. The Morgan fingerprint density at radius 2 is 2.11 bits per heavy atom. The molecule has 0 N–H and O–H groups in total. The van der Waals surface area contributed by atoms with Gasteiger partial charge in [-0.2, -0.15) is 0 Å². The molecule has 1 aliphatic rings. The van der Waals surface area contributed by atoms with Gasteiger partial charge in [-0.15, -0.1) is 11.3 Å². The van der Waals surface area contributed by atoms with Crippen molar-refractivity contribution >= 4 is 27.9 Å². The van der Waals surface area contributed by atoms with Crippen molar-refractivity contribution in [3.63, 3.8) is 0 Å². The molecule has 27 heavy (non-hydrogen) atoms. The maximum absolute atomic E-state index is 13.0. The number of rotatable bonds is 4. The summed E-state index contributed by atoms with van der Waals surface area (Å²) in [6, 6.07) is 3.82. The van der Waals surface area contributed by atoms with Crippen LogP contribution in [0.25, 0.3) is 4.96 Å². The number of fused-ring (bicyclic) bond motifs is 1. The Morgan fingerprint density at radius 1 is 1.33 bits per heavy atom. The Morgan fingerprint density at radius 3 is 2.89 bits per heavy atom. The van der Waals surface area contributed by atoms with Gasteiger partial charge in [0.05, 0.1) is 31.1 Å². The van der Waals surface area contributed by atoms with E-state index in [1.54, 1.807) is 22.4 Å². The number of hydrogen-bond acceptors (Lipinski definition) is 6. The number of aryl methyl sites for hydroxylation is 2. The summed E-state index contributed by atoms with van der Waals surface area (Å²) in [5.41, 5.74) is 3.47. The maximum Gasteiger partial charge on any atom is 0.272 e. The summed E-state index contributed by atoms with van der Waals surface area (Å²) in [7, 11) is 1.81. The zero-order chi connectivity index (χ0) is 19.0. The number of morpholine rings is 1. The molecule has 1 fully saturated rings. The summed E-state index contributed by atoms with van der Waals surface area (Å²) in [4.78, 5) is 28.0. The van der Waals surface area contributed by atoms with E-state index in [1.165, 1.54) is 4.88 Å². The van der Waals surface area contributed by atoms with Gasteiger partial charge in [0.15, 0.2) is 4.96 Å². The van der Waals surface area contributed by atoms with Crippen LogP contribution in [-0.2, 0) is 11.3 Å². The highest BCUT2D eigenvalue weighted by molar-refractivity contribution is 7.17. The number of hydrogen-bond donors (Lipinski definition) is 0. The highest BCUT2D eigenvalue weighted by Crippen LogP contribution is 2.22. The highest BCUT2D eigenvalue weighted by Gasteiger charge is 2.20. The third-order valence-electron chi connectivity index (χ3n) is 4.81. The molecule has 4 heterocycles. The molecule has 0 unspecified atom stereocenters. The van der Waals surface area contributed by atoms with Gasteiger partial charge < -0.3 is 14.5 Å². The van der Waals surface area contributed by atoms with Gasteiger partial charge in [-0.25, -0.2) is 4.98 Å². The van der Waals surface area contributed by atoms with Crippen LogP contribution in [0, 0.1) is 13.8 Å². The number of pyridine rings is 1. The number of thiazole rings is 1. The fourth-order valence-corrected chi connectivity index (χ4v) is 4.24. The summed E-state index contributed by atoms with van der Waals surface area (Å²) in [6.07, 6.45) is 3.78. The number of carbonyl (C=O) groups is 1. The molecule has 1 aliphatic heterocycles. The minimum atomic E-state index is -0.0913. The van der Waals surface area contributed by atoms with E-state index in [0.717, 1.165) is 35.1 Å². The third kappa shape index (κ3) is 3.54. The number of nitrogens with zero attached hydrogens (tertiary/aromatic N) is 5. The first kappa shape index (κ1) is 17.9. The minimum Gasteiger partial charge on any atom is -0.378 e. The number of amides is 1. The first-order valence-electron chi connectivity index (χ1n) is 9.01. The summed E-state index contributed by atoms with van der Waals surface area (Å²) in [6.45, 7) is 7.62. The van der Waals surface area contributed by atoms with E-state index in [4.69, 9.17) is 4.74 Å². The van der Waals surface area contributed by atoms with Gasteiger partial charge in [0.2, 0.25) is 0 Å². The molecule has 8 heteroatoms. The lowest BCUT2D eigenvalue weighted by Crippen LogP contribution is -2.36. The van der Waals surface area contributed by atoms with Crippen molar-refractivity contribution in [3.05, 3.63) is 46.5 Å². The van der Waals surface area contributed by atoms with E-state index in [9.17, 15) is 4.79 Å². The fourth-order valence-electron chi connectivity index (χ4n) is 3.35. The van der Waals surface area contributed by atoms with Gasteiger partial charge in [-0.05, 0) is 26.0 Å². The van der Waals surface area contributed by atoms with E-state index in [-0.39, 0.29) is 5.91 Å². The van der Waals surface area contributed by atoms with Crippen molar-refractivity contribution in [1.82, 2.24) is 19.3 Å². The largest absolute Gasteiger partial charge is 0.378 e. The molecule has 4 rings (SSSR count). The van der Waals surface area contributed by atoms with Crippen molar-refractivity contribution in [3.8, 4) is 0 Å². The van der Waals surface area contributed by atoms with Gasteiger partial charge >= 0.3 is 0 Å². The Hall–Kier alpha value is -2.45. The summed E-state index contributed by atoms with van der Waals surface area (Å²) in [5, 5.41) is 0. The molecule has 0 radical (unpaired) electrons. The zero-order valence-electron chi connectivity index (χ0n) is 15.8. The molecule has 1 saturated heterocycles. The molecule has 3 aromatic rings. The van der Waals surface area contributed by atoms with Crippen LogP contribution in [0.3, 0.4) is 0 Å². The van der Waals surface area contributed by atoms with E-state index in [2.05, 4.69) is 32.4 Å². The number of carbonyl (C=O) groups excluding carboxylic acids is 1. The Kier molecular flexibility index (Phi) is 4.84. The minimum absolute atomic E-state index is 0.0913. The maximum atomic E-state index is 13.0. The lowest BCUT2D eigenvalue weighted by molar-refractivity contribution is 0.0777. The SMILES string of the molecule is Cc1cn2c(CN(C)C(=O)c3cc(N4CCOCC4)ccn3)c(C)nc2s1. The summed E-state index contributed by atoms with van der Waals surface area (Å²) < 4.78 is 7.48. The van der Waals surface area contributed by atoms with Crippen LogP contribution in [0.5, 0.6) is 0 Å². The van der Waals surface area contributed by atoms with Gasteiger partial charge in [0, 0.05) is 43.1 Å². The van der Waals surface area contributed by atoms with Crippen molar-refractivity contribution in [1.29, 1.82) is 0 Å².